The first kappa shape index (κ1) is 13.2. The maximum atomic E-state index is 11.8. The first-order chi connectivity index (χ1) is 7.91. The molecule has 0 atom stereocenters. The van der Waals surface area contributed by atoms with E-state index < -0.39 is 0 Å². The molecular formula is C13H18N2O2. The minimum absolute atomic E-state index is 0.0431. The molecule has 1 aromatic carbocycles. The molecule has 0 spiro atoms. The third-order valence-electron chi connectivity index (χ3n) is 2.67. The second-order valence-corrected chi connectivity index (χ2v) is 4.28. The largest absolute Gasteiger partial charge is 0.398 e. The molecule has 1 aromatic rings. The molecular weight excluding hydrogens is 216 g/mol. The first-order valence-electron chi connectivity index (χ1n) is 5.51. The van der Waals surface area contributed by atoms with E-state index in [0.717, 1.165) is 5.56 Å². The second-order valence-electron chi connectivity index (χ2n) is 4.28. The van der Waals surface area contributed by atoms with E-state index in [4.69, 9.17) is 5.73 Å². The predicted molar refractivity (Wildman–Crippen MR) is 67.8 cm³/mol. The smallest absolute Gasteiger partial charge is 0.222 e. The molecule has 4 heteroatoms. The van der Waals surface area contributed by atoms with Gasteiger partial charge >= 0.3 is 0 Å². The lowest BCUT2D eigenvalue weighted by Crippen LogP contribution is -2.22. The zero-order chi connectivity index (χ0) is 13.0. The number of nitrogen functional groups attached to an aromatic ring is 1. The summed E-state index contributed by atoms with van der Waals surface area (Å²) < 4.78 is 0. The van der Waals surface area contributed by atoms with Crippen LogP contribution in [0, 0.1) is 6.92 Å². The van der Waals surface area contributed by atoms with E-state index in [1.54, 1.807) is 26.2 Å². The van der Waals surface area contributed by atoms with Crippen LogP contribution >= 0.6 is 0 Å². The Balaban J connectivity index is 2.64. The Morgan fingerprint density at radius 3 is 2.41 bits per heavy atom. The quantitative estimate of drug-likeness (QED) is 0.636. The van der Waals surface area contributed by atoms with Crippen LogP contribution in [0.3, 0.4) is 0 Å². The van der Waals surface area contributed by atoms with Crippen molar-refractivity contribution in [2.75, 3.05) is 19.8 Å². The van der Waals surface area contributed by atoms with E-state index >= 15 is 0 Å². The van der Waals surface area contributed by atoms with Crippen LogP contribution in [0.15, 0.2) is 18.2 Å². The van der Waals surface area contributed by atoms with Gasteiger partial charge in [-0.1, -0.05) is 12.1 Å². The lowest BCUT2D eigenvalue weighted by molar-refractivity contribution is -0.128. The van der Waals surface area contributed by atoms with Gasteiger partial charge in [0.05, 0.1) is 0 Å². The molecule has 0 bridgehead atoms. The highest BCUT2D eigenvalue weighted by molar-refractivity contribution is 5.98. The van der Waals surface area contributed by atoms with Crippen LogP contribution in [-0.4, -0.2) is 30.7 Å². The average molecular weight is 234 g/mol. The summed E-state index contributed by atoms with van der Waals surface area (Å²) in [4.78, 5) is 24.6. The van der Waals surface area contributed by atoms with Crippen LogP contribution in [0.4, 0.5) is 5.69 Å². The van der Waals surface area contributed by atoms with Crippen LogP contribution in [-0.2, 0) is 4.79 Å². The number of benzene rings is 1. The average Bonchev–Trinajstić information content (AvgIpc) is 2.28. The van der Waals surface area contributed by atoms with Crippen molar-refractivity contribution in [2.45, 2.75) is 19.8 Å². The van der Waals surface area contributed by atoms with Gasteiger partial charge in [-0.3, -0.25) is 9.59 Å². The Hall–Kier alpha value is -1.84. The maximum Gasteiger partial charge on any atom is 0.222 e. The summed E-state index contributed by atoms with van der Waals surface area (Å²) in [6, 6.07) is 5.22. The molecule has 4 nitrogen and oxygen atoms in total. The number of aryl methyl sites for hydroxylation is 1. The number of amides is 1. The third kappa shape index (κ3) is 3.59. The van der Waals surface area contributed by atoms with Gasteiger partial charge in [0, 0.05) is 38.2 Å². The molecule has 0 aliphatic heterocycles. The standard InChI is InChI=1S/C13H18N2O2/c1-9-4-5-10(8-11(9)14)12(16)6-7-13(17)15(2)3/h4-5,8H,6-7,14H2,1-3H3. The number of hydrogen-bond donors (Lipinski definition) is 1. The predicted octanol–water partition coefficient (Wildman–Crippen LogP) is 1.63. The van der Waals surface area contributed by atoms with Gasteiger partial charge in [-0.05, 0) is 18.6 Å². The molecule has 0 fully saturated rings. The van der Waals surface area contributed by atoms with Gasteiger partial charge in [-0.25, -0.2) is 0 Å². The van der Waals surface area contributed by atoms with E-state index in [1.807, 2.05) is 13.0 Å². The Morgan fingerprint density at radius 1 is 1.24 bits per heavy atom. The molecule has 0 unspecified atom stereocenters. The second kappa shape index (κ2) is 5.48. The van der Waals surface area contributed by atoms with Crippen LogP contribution in [0.25, 0.3) is 0 Å². The molecule has 0 saturated heterocycles. The molecule has 0 aromatic heterocycles. The Labute approximate surface area is 101 Å². The van der Waals surface area contributed by atoms with E-state index in [-0.39, 0.29) is 24.5 Å². The van der Waals surface area contributed by atoms with Crippen molar-refractivity contribution < 1.29 is 9.59 Å². The summed E-state index contributed by atoms with van der Waals surface area (Å²) in [7, 11) is 3.35. The van der Waals surface area contributed by atoms with Crippen molar-refractivity contribution in [3.8, 4) is 0 Å². The summed E-state index contributed by atoms with van der Waals surface area (Å²) in [5.41, 5.74) is 7.86. The summed E-state index contributed by atoms with van der Waals surface area (Å²) in [6.45, 7) is 1.89. The van der Waals surface area contributed by atoms with E-state index in [1.165, 1.54) is 4.90 Å². The van der Waals surface area contributed by atoms with Crippen molar-refractivity contribution in [3.63, 3.8) is 0 Å². The van der Waals surface area contributed by atoms with Gasteiger partial charge in [0.15, 0.2) is 5.78 Å². The van der Waals surface area contributed by atoms with Gasteiger partial charge in [-0.15, -0.1) is 0 Å². The summed E-state index contributed by atoms with van der Waals surface area (Å²) in [6.07, 6.45) is 0.457. The first-order valence-corrected chi connectivity index (χ1v) is 5.51. The number of Topliss-reactive ketones (excluding diaryl/α,β-unsaturated/α-hetero) is 1. The van der Waals surface area contributed by atoms with E-state index in [9.17, 15) is 9.59 Å². The Morgan fingerprint density at radius 2 is 1.88 bits per heavy atom. The summed E-state index contributed by atoms with van der Waals surface area (Å²) in [5, 5.41) is 0. The van der Waals surface area contributed by atoms with Crippen LogP contribution in [0.2, 0.25) is 0 Å². The molecule has 1 amide bonds. The monoisotopic (exact) mass is 234 g/mol. The van der Waals surface area contributed by atoms with Crippen molar-refractivity contribution in [2.24, 2.45) is 0 Å². The fourth-order valence-electron chi connectivity index (χ4n) is 1.40. The molecule has 0 aliphatic carbocycles. The lowest BCUT2D eigenvalue weighted by atomic mass is 10.0. The number of carbonyl (C=O) groups excluding carboxylic acids is 2. The van der Waals surface area contributed by atoms with Crippen molar-refractivity contribution in [1.82, 2.24) is 4.90 Å². The fourth-order valence-corrected chi connectivity index (χ4v) is 1.40. The molecule has 92 valence electrons. The van der Waals surface area contributed by atoms with Crippen LogP contribution < -0.4 is 5.73 Å². The zero-order valence-electron chi connectivity index (χ0n) is 10.5. The van der Waals surface area contributed by atoms with Crippen LogP contribution in [0.5, 0.6) is 0 Å². The fraction of sp³-hybridized carbons (Fsp3) is 0.385. The zero-order valence-corrected chi connectivity index (χ0v) is 10.5. The van der Waals surface area contributed by atoms with Gasteiger partial charge in [-0.2, -0.15) is 0 Å². The highest BCUT2D eigenvalue weighted by atomic mass is 16.2. The lowest BCUT2D eigenvalue weighted by Gasteiger charge is -2.09. The number of hydrogen-bond acceptors (Lipinski definition) is 3. The molecule has 0 aliphatic rings. The van der Waals surface area contributed by atoms with Gasteiger partial charge in [0.2, 0.25) is 5.91 Å². The third-order valence-corrected chi connectivity index (χ3v) is 2.67. The van der Waals surface area contributed by atoms with Gasteiger partial charge in [0.1, 0.15) is 0 Å². The molecule has 0 radical (unpaired) electrons. The van der Waals surface area contributed by atoms with Crippen molar-refractivity contribution in [1.29, 1.82) is 0 Å². The number of nitrogens with zero attached hydrogens (tertiary/aromatic N) is 1. The summed E-state index contributed by atoms with van der Waals surface area (Å²) in [5.74, 6) is -0.0923. The van der Waals surface area contributed by atoms with Crippen LogP contribution in [0.1, 0.15) is 28.8 Å². The highest BCUT2D eigenvalue weighted by Crippen LogP contribution is 2.15. The molecule has 2 N–H and O–H groups in total. The van der Waals surface area contributed by atoms with E-state index in [2.05, 4.69) is 0 Å². The Kier molecular flexibility index (Phi) is 4.26. The molecule has 17 heavy (non-hydrogen) atoms. The topological polar surface area (TPSA) is 63.4 Å². The number of rotatable bonds is 4. The molecule has 0 heterocycles. The van der Waals surface area contributed by atoms with Crippen molar-refractivity contribution >= 4 is 17.4 Å². The van der Waals surface area contributed by atoms with E-state index in [0.29, 0.717) is 11.3 Å². The Bertz CT molecular complexity index is 439. The summed E-state index contributed by atoms with van der Waals surface area (Å²) >= 11 is 0. The highest BCUT2D eigenvalue weighted by Gasteiger charge is 2.11. The minimum atomic E-state index is -0.0492. The number of carbonyl (C=O) groups is 2. The minimum Gasteiger partial charge on any atom is -0.398 e. The number of ketones is 1. The normalized spacial score (nSPS) is 10.1. The maximum absolute atomic E-state index is 11.8. The number of anilines is 1. The SMILES string of the molecule is Cc1ccc(C(=O)CCC(=O)N(C)C)cc1N. The number of nitrogens with two attached hydrogens (primary N) is 1. The molecule has 0 saturated carbocycles. The molecule has 1 rings (SSSR count). The van der Waals surface area contributed by atoms with Crippen molar-refractivity contribution in [3.05, 3.63) is 29.3 Å². The van der Waals surface area contributed by atoms with Gasteiger partial charge < -0.3 is 10.6 Å². The van der Waals surface area contributed by atoms with Gasteiger partial charge in [0.25, 0.3) is 0 Å².